The van der Waals surface area contributed by atoms with Crippen molar-refractivity contribution in [3.8, 4) is 0 Å². The molecule has 0 amide bonds. The van der Waals surface area contributed by atoms with Gasteiger partial charge in [-0.3, -0.25) is 0 Å². The molecule has 2 rings (SSSR count). The second-order valence-electron chi connectivity index (χ2n) is 5.24. The van der Waals surface area contributed by atoms with Gasteiger partial charge in [0.1, 0.15) is 0 Å². The molecule has 0 aliphatic carbocycles. The van der Waals surface area contributed by atoms with Crippen molar-refractivity contribution in [2.75, 3.05) is 26.2 Å². The second kappa shape index (κ2) is 5.03. The summed E-state index contributed by atoms with van der Waals surface area (Å²) in [5.74, 6) is -0.0942. The van der Waals surface area contributed by atoms with Crippen LogP contribution in [-0.2, 0) is 6.54 Å². The lowest BCUT2D eigenvalue weighted by Gasteiger charge is -2.22. The zero-order valence-electron chi connectivity index (χ0n) is 10.6. The topological polar surface area (TPSA) is 90.2 Å². The largest absolute Gasteiger partial charge is 0.389 e. The van der Waals surface area contributed by atoms with Crippen LogP contribution < -0.4 is 5.73 Å². The minimum Gasteiger partial charge on any atom is -0.358 e. The SMILES string of the molecule is CC1(CN)CCN(CCn2ccc([N+](=O)[O-])n2)C1. The van der Waals surface area contributed by atoms with Gasteiger partial charge in [0.2, 0.25) is 0 Å². The molecular weight excluding hydrogens is 234 g/mol. The number of hydrogen-bond acceptors (Lipinski definition) is 5. The van der Waals surface area contributed by atoms with Crippen LogP contribution in [0.2, 0.25) is 0 Å². The highest BCUT2D eigenvalue weighted by atomic mass is 16.6. The summed E-state index contributed by atoms with van der Waals surface area (Å²) in [6, 6.07) is 1.42. The fourth-order valence-corrected chi connectivity index (χ4v) is 2.30. The lowest BCUT2D eigenvalue weighted by molar-refractivity contribution is -0.389. The number of hydrogen-bond donors (Lipinski definition) is 1. The van der Waals surface area contributed by atoms with E-state index in [4.69, 9.17) is 5.73 Å². The van der Waals surface area contributed by atoms with E-state index in [9.17, 15) is 10.1 Å². The number of nitro groups is 1. The van der Waals surface area contributed by atoms with Crippen molar-refractivity contribution in [3.05, 3.63) is 22.4 Å². The van der Waals surface area contributed by atoms with Gasteiger partial charge in [0.25, 0.3) is 0 Å². The van der Waals surface area contributed by atoms with Gasteiger partial charge in [-0.2, -0.15) is 4.68 Å². The van der Waals surface area contributed by atoms with Gasteiger partial charge in [0, 0.05) is 13.1 Å². The Kier molecular flexibility index (Phi) is 3.63. The summed E-state index contributed by atoms with van der Waals surface area (Å²) >= 11 is 0. The summed E-state index contributed by atoms with van der Waals surface area (Å²) in [6.07, 6.45) is 2.76. The van der Waals surface area contributed by atoms with Crippen LogP contribution in [-0.4, -0.2) is 45.8 Å². The third-order valence-corrected chi connectivity index (χ3v) is 3.59. The molecule has 100 valence electrons. The summed E-state index contributed by atoms with van der Waals surface area (Å²) in [7, 11) is 0. The van der Waals surface area contributed by atoms with Crippen molar-refractivity contribution in [2.24, 2.45) is 11.1 Å². The summed E-state index contributed by atoms with van der Waals surface area (Å²) in [4.78, 5) is 12.4. The fraction of sp³-hybridized carbons (Fsp3) is 0.727. The highest BCUT2D eigenvalue weighted by Crippen LogP contribution is 2.28. The van der Waals surface area contributed by atoms with Gasteiger partial charge in [0.05, 0.1) is 23.9 Å². The standard InChI is InChI=1S/C11H19N5O2/c1-11(8-12)3-5-14(9-11)6-7-15-4-2-10(13-15)16(17)18/h2,4H,3,5-9,12H2,1H3. The van der Waals surface area contributed by atoms with Gasteiger partial charge in [-0.25, -0.2) is 0 Å². The predicted octanol–water partition coefficient (Wildman–Crippen LogP) is 0.462. The van der Waals surface area contributed by atoms with Crippen LogP contribution in [0.15, 0.2) is 12.3 Å². The van der Waals surface area contributed by atoms with Gasteiger partial charge in [-0.05, 0) is 29.8 Å². The van der Waals surface area contributed by atoms with Crippen molar-refractivity contribution in [3.63, 3.8) is 0 Å². The Balaban J connectivity index is 1.83. The first-order valence-electron chi connectivity index (χ1n) is 6.13. The Hall–Kier alpha value is -1.47. The third kappa shape index (κ3) is 2.85. The molecule has 0 saturated carbocycles. The van der Waals surface area contributed by atoms with Crippen LogP contribution in [0.4, 0.5) is 5.82 Å². The van der Waals surface area contributed by atoms with E-state index in [0.29, 0.717) is 13.1 Å². The zero-order valence-corrected chi connectivity index (χ0v) is 10.6. The minimum absolute atomic E-state index is 0.0942. The van der Waals surface area contributed by atoms with Crippen LogP contribution in [0.25, 0.3) is 0 Å². The fourth-order valence-electron chi connectivity index (χ4n) is 2.30. The van der Waals surface area contributed by atoms with Crippen molar-refractivity contribution in [1.82, 2.24) is 14.7 Å². The van der Waals surface area contributed by atoms with Crippen LogP contribution in [0.1, 0.15) is 13.3 Å². The monoisotopic (exact) mass is 253 g/mol. The Morgan fingerprint density at radius 3 is 2.94 bits per heavy atom. The molecule has 0 bridgehead atoms. The van der Waals surface area contributed by atoms with Crippen LogP contribution in [0.3, 0.4) is 0 Å². The molecule has 2 heterocycles. The number of nitrogens with two attached hydrogens (primary N) is 1. The molecule has 1 aromatic rings. The molecule has 0 radical (unpaired) electrons. The van der Waals surface area contributed by atoms with Crippen LogP contribution in [0, 0.1) is 15.5 Å². The number of rotatable bonds is 5. The lowest BCUT2D eigenvalue weighted by Crippen LogP contribution is -2.32. The molecule has 1 atom stereocenters. The van der Waals surface area contributed by atoms with E-state index in [-0.39, 0.29) is 11.2 Å². The summed E-state index contributed by atoms with van der Waals surface area (Å²) in [5.41, 5.74) is 5.97. The molecule has 7 nitrogen and oxygen atoms in total. The molecule has 1 fully saturated rings. The molecule has 0 spiro atoms. The lowest BCUT2D eigenvalue weighted by atomic mass is 9.90. The van der Waals surface area contributed by atoms with E-state index in [1.165, 1.54) is 6.07 Å². The molecular formula is C11H19N5O2. The maximum Gasteiger partial charge on any atom is 0.389 e. The van der Waals surface area contributed by atoms with Gasteiger partial charge in [0.15, 0.2) is 0 Å². The molecule has 1 aliphatic rings. The predicted molar refractivity (Wildman–Crippen MR) is 67.1 cm³/mol. The quantitative estimate of drug-likeness (QED) is 0.608. The first-order chi connectivity index (χ1) is 8.52. The van der Waals surface area contributed by atoms with E-state index in [1.807, 2.05) is 0 Å². The molecule has 18 heavy (non-hydrogen) atoms. The number of nitrogens with zero attached hydrogens (tertiary/aromatic N) is 4. The summed E-state index contributed by atoms with van der Waals surface area (Å²) in [6.45, 7) is 6.47. The van der Waals surface area contributed by atoms with Gasteiger partial charge in [-0.1, -0.05) is 6.92 Å². The highest BCUT2D eigenvalue weighted by molar-refractivity contribution is 5.13. The molecule has 1 saturated heterocycles. The Labute approximate surface area is 106 Å². The average molecular weight is 253 g/mol. The number of likely N-dealkylation sites (tertiary alicyclic amines) is 1. The van der Waals surface area contributed by atoms with E-state index in [0.717, 1.165) is 26.1 Å². The Bertz CT molecular complexity index is 433. The molecule has 1 unspecified atom stereocenters. The van der Waals surface area contributed by atoms with Gasteiger partial charge in [-0.15, -0.1) is 0 Å². The zero-order chi connectivity index (χ0) is 13.2. The number of aromatic nitrogens is 2. The van der Waals surface area contributed by atoms with Gasteiger partial charge >= 0.3 is 5.82 Å². The van der Waals surface area contributed by atoms with Crippen molar-refractivity contribution in [1.29, 1.82) is 0 Å². The summed E-state index contributed by atoms with van der Waals surface area (Å²) < 4.78 is 1.62. The van der Waals surface area contributed by atoms with E-state index in [1.54, 1.807) is 10.9 Å². The normalized spacial score (nSPS) is 24.6. The average Bonchev–Trinajstić information content (AvgIpc) is 2.94. The Morgan fingerprint density at radius 1 is 1.61 bits per heavy atom. The van der Waals surface area contributed by atoms with Crippen LogP contribution in [0.5, 0.6) is 0 Å². The third-order valence-electron chi connectivity index (χ3n) is 3.59. The van der Waals surface area contributed by atoms with E-state index >= 15 is 0 Å². The maximum atomic E-state index is 10.5. The minimum atomic E-state index is -0.474. The van der Waals surface area contributed by atoms with Crippen molar-refractivity contribution < 1.29 is 4.92 Å². The summed E-state index contributed by atoms with van der Waals surface area (Å²) in [5, 5.41) is 14.4. The van der Waals surface area contributed by atoms with Gasteiger partial charge < -0.3 is 20.7 Å². The van der Waals surface area contributed by atoms with Crippen LogP contribution >= 0.6 is 0 Å². The molecule has 0 aromatic carbocycles. The highest BCUT2D eigenvalue weighted by Gasteiger charge is 2.32. The molecule has 1 aliphatic heterocycles. The first kappa shape index (κ1) is 13.0. The van der Waals surface area contributed by atoms with Crippen molar-refractivity contribution in [2.45, 2.75) is 19.9 Å². The Morgan fingerprint density at radius 2 is 2.39 bits per heavy atom. The smallest absolute Gasteiger partial charge is 0.358 e. The second-order valence-corrected chi connectivity index (χ2v) is 5.24. The first-order valence-corrected chi connectivity index (χ1v) is 6.13. The van der Waals surface area contributed by atoms with E-state index in [2.05, 4.69) is 16.9 Å². The van der Waals surface area contributed by atoms with E-state index < -0.39 is 4.92 Å². The maximum absolute atomic E-state index is 10.5. The molecule has 2 N–H and O–H groups in total. The van der Waals surface area contributed by atoms with Crippen molar-refractivity contribution >= 4 is 5.82 Å². The molecule has 7 heteroatoms. The molecule has 1 aromatic heterocycles.